The van der Waals surface area contributed by atoms with Crippen molar-refractivity contribution in [2.75, 3.05) is 6.54 Å². The van der Waals surface area contributed by atoms with Crippen LogP contribution in [0.4, 0.5) is 0 Å². The van der Waals surface area contributed by atoms with Gasteiger partial charge in [-0.2, -0.15) is 0 Å². The maximum Gasteiger partial charge on any atom is 0.326 e. The second-order valence-electron chi connectivity index (χ2n) is 6.98. The Hall–Kier alpha value is -2.45. The third-order valence-corrected chi connectivity index (χ3v) is 5.85. The molecule has 1 aliphatic heterocycles. The molecule has 2 N–H and O–H groups in total. The van der Waals surface area contributed by atoms with Crippen molar-refractivity contribution in [1.82, 2.24) is 10.2 Å². The molecule has 1 heterocycles. The second-order valence-corrected chi connectivity index (χ2v) is 8.66. The minimum atomic E-state index is -1.05. The van der Waals surface area contributed by atoms with Crippen molar-refractivity contribution in [3.8, 4) is 0 Å². The van der Waals surface area contributed by atoms with Gasteiger partial charge in [0.25, 0.3) is 5.91 Å². The highest BCUT2D eigenvalue weighted by Crippen LogP contribution is 2.32. The van der Waals surface area contributed by atoms with Crippen molar-refractivity contribution in [1.29, 1.82) is 0 Å². The van der Waals surface area contributed by atoms with Crippen molar-refractivity contribution in [3.05, 3.63) is 52.4 Å². The van der Waals surface area contributed by atoms with Gasteiger partial charge in [-0.25, -0.2) is 4.79 Å². The Labute approximate surface area is 186 Å². The number of nitrogens with zero attached hydrogens (tertiary/aromatic N) is 1. The zero-order valence-corrected chi connectivity index (χ0v) is 18.7. The summed E-state index contributed by atoms with van der Waals surface area (Å²) in [6.45, 7) is 3.99. The molecule has 0 aromatic heterocycles. The Morgan fingerprint density at radius 1 is 1.30 bits per heavy atom. The van der Waals surface area contributed by atoms with Gasteiger partial charge in [-0.1, -0.05) is 80.2 Å². The SMILES string of the molecule is CCCCC(NC(=O)CCN1C(=O)/C(=C\C(C)=C/c2ccccc2)SC1=S)C(=O)O. The molecule has 8 heteroatoms. The molecular formula is C22H26N2O4S2. The Kier molecular flexibility index (Phi) is 9.26. The highest BCUT2D eigenvalue weighted by atomic mass is 32.2. The Balaban J connectivity index is 1.95. The maximum absolute atomic E-state index is 12.7. The van der Waals surface area contributed by atoms with Gasteiger partial charge < -0.3 is 10.4 Å². The minimum Gasteiger partial charge on any atom is -0.480 e. The fraction of sp³-hybridized carbons (Fsp3) is 0.364. The lowest BCUT2D eigenvalue weighted by atomic mass is 10.1. The molecule has 2 amide bonds. The summed E-state index contributed by atoms with van der Waals surface area (Å²) in [4.78, 5) is 38.0. The van der Waals surface area contributed by atoms with Gasteiger partial charge in [0.1, 0.15) is 10.4 Å². The summed E-state index contributed by atoms with van der Waals surface area (Å²) in [5.74, 6) is -1.69. The Morgan fingerprint density at radius 2 is 2.00 bits per heavy atom. The van der Waals surface area contributed by atoms with E-state index >= 15 is 0 Å². The molecule has 6 nitrogen and oxygen atoms in total. The monoisotopic (exact) mass is 446 g/mol. The number of rotatable bonds is 10. The number of carboxylic acids is 1. The molecule has 1 aliphatic rings. The van der Waals surface area contributed by atoms with Gasteiger partial charge in [0.05, 0.1) is 4.91 Å². The van der Waals surface area contributed by atoms with Gasteiger partial charge in [0.15, 0.2) is 0 Å². The van der Waals surface area contributed by atoms with Crippen molar-refractivity contribution in [3.63, 3.8) is 0 Å². The number of carbonyl (C=O) groups excluding carboxylic acids is 2. The van der Waals surface area contributed by atoms with E-state index in [4.69, 9.17) is 12.2 Å². The van der Waals surface area contributed by atoms with E-state index in [2.05, 4.69) is 5.32 Å². The third kappa shape index (κ3) is 7.11. The number of carbonyl (C=O) groups is 3. The number of benzene rings is 1. The average Bonchev–Trinajstić information content (AvgIpc) is 2.96. The first-order valence-electron chi connectivity index (χ1n) is 9.82. The van der Waals surface area contributed by atoms with Crippen LogP contribution in [0.15, 0.2) is 46.9 Å². The van der Waals surface area contributed by atoms with Crippen LogP contribution in [0, 0.1) is 0 Å². The number of thioether (sulfide) groups is 1. The molecule has 30 heavy (non-hydrogen) atoms. The number of thiocarbonyl (C=S) groups is 1. The molecule has 1 saturated heterocycles. The first kappa shape index (κ1) is 23.8. The van der Waals surface area contributed by atoms with Crippen LogP contribution in [0.3, 0.4) is 0 Å². The van der Waals surface area contributed by atoms with Crippen LogP contribution in [-0.4, -0.2) is 44.7 Å². The van der Waals surface area contributed by atoms with Crippen LogP contribution in [0.5, 0.6) is 0 Å². The topological polar surface area (TPSA) is 86.7 Å². The molecule has 1 unspecified atom stereocenters. The Morgan fingerprint density at radius 3 is 2.63 bits per heavy atom. The Bertz CT molecular complexity index is 865. The predicted octanol–water partition coefficient (Wildman–Crippen LogP) is 3.98. The number of carboxylic acid groups (broad SMARTS) is 1. The fourth-order valence-corrected chi connectivity index (χ4v) is 4.26. The molecule has 1 aromatic rings. The number of nitrogens with one attached hydrogen (secondary N) is 1. The molecule has 0 saturated carbocycles. The van der Waals surface area contributed by atoms with E-state index in [1.54, 1.807) is 6.08 Å². The second kappa shape index (κ2) is 11.7. The third-order valence-electron chi connectivity index (χ3n) is 4.47. The number of allylic oxidation sites excluding steroid dienone is 2. The number of hydrogen-bond donors (Lipinski definition) is 2. The number of unbranched alkanes of at least 4 members (excludes halogenated alkanes) is 1. The van der Waals surface area contributed by atoms with Gasteiger partial charge >= 0.3 is 5.97 Å². The van der Waals surface area contributed by atoms with Gasteiger partial charge in [0, 0.05) is 13.0 Å². The fourth-order valence-electron chi connectivity index (χ4n) is 2.90. The summed E-state index contributed by atoms with van der Waals surface area (Å²) < 4.78 is 0.396. The molecule has 1 fully saturated rings. The average molecular weight is 447 g/mol. The van der Waals surface area contributed by atoms with Crippen molar-refractivity contribution >= 4 is 52.2 Å². The lowest BCUT2D eigenvalue weighted by Gasteiger charge is -2.17. The molecule has 1 aromatic carbocycles. The van der Waals surface area contributed by atoms with Crippen LogP contribution < -0.4 is 5.32 Å². The lowest BCUT2D eigenvalue weighted by molar-refractivity contribution is -0.142. The molecular weight excluding hydrogens is 420 g/mol. The summed E-state index contributed by atoms with van der Waals surface area (Å²) in [6.07, 6.45) is 5.70. The molecule has 2 rings (SSSR count). The van der Waals surface area contributed by atoms with Crippen LogP contribution in [-0.2, 0) is 14.4 Å². The number of amides is 2. The quantitative estimate of drug-likeness (QED) is 0.418. The van der Waals surface area contributed by atoms with E-state index in [0.717, 1.165) is 17.6 Å². The van der Waals surface area contributed by atoms with Crippen molar-refractivity contribution < 1.29 is 19.5 Å². The zero-order valence-electron chi connectivity index (χ0n) is 17.1. The highest BCUT2D eigenvalue weighted by Gasteiger charge is 2.32. The first-order chi connectivity index (χ1) is 14.3. The summed E-state index contributed by atoms with van der Waals surface area (Å²) in [7, 11) is 0. The normalized spacial score (nSPS) is 16.8. The van der Waals surface area contributed by atoms with Crippen LogP contribution in [0.2, 0.25) is 0 Å². The van der Waals surface area contributed by atoms with E-state index in [1.807, 2.05) is 50.3 Å². The highest BCUT2D eigenvalue weighted by molar-refractivity contribution is 8.26. The van der Waals surface area contributed by atoms with Crippen molar-refractivity contribution in [2.45, 2.75) is 45.6 Å². The summed E-state index contributed by atoms with van der Waals surface area (Å²) in [6, 6.07) is 8.88. The molecule has 160 valence electrons. The lowest BCUT2D eigenvalue weighted by Crippen LogP contribution is -2.42. The van der Waals surface area contributed by atoms with E-state index in [-0.39, 0.29) is 18.9 Å². The van der Waals surface area contributed by atoms with Gasteiger partial charge in [-0.05, 0) is 30.6 Å². The zero-order chi connectivity index (χ0) is 22.1. The first-order valence-corrected chi connectivity index (χ1v) is 11.0. The van der Waals surface area contributed by atoms with E-state index < -0.39 is 17.9 Å². The van der Waals surface area contributed by atoms with Gasteiger partial charge in [0.2, 0.25) is 5.91 Å². The maximum atomic E-state index is 12.7. The molecule has 0 aliphatic carbocycles. The largest absolute Gasteiger partial charge is 0.480 e. The molecule has 0 bridgehead atoms. The van der Waals surface area contributed by atoms with E-state index in [9.17, 15) is 19.5 Å². The standard InChI is InChI=1S/C22H26N2O4S2/c1-3-4-10-17(21(27)28)23-19(25)11-12-24-20(26)18(30-22(24)29)14-15(2)13-16-8-6-5-7-9-16/h5-9,13-14,17H,3-4,10-12H2,1-2H3,(H,23,25)(H,27,28)/b15-13-,18-14+. The molecule has 1 atom stereocenters. The van der Waals surface area contributed by atoms with E-state index in [1.165, 1.54) is 16.7 Å². The molecule has 0 spiro atoms. The van der Waals surface area contributed by atoms with Crippen LogP contribution >= 0.6 is 24.0 Å². The number of aliphatic carboxylic acids is 1. The smallest absolute Gasteiger partial charge is 0.326 e. The predicted molar refractivity (Wildman–Crippen MR) is 124 cm³/mol. The van der Waals surface area contributed by atoms with Crippen molar-refractivity contribution in [2.24, 2.45) is 0 Å². The summed E-state index contributed by atoms with van der Waals surface area (Å²) in [5.41, 5.74) is 1.95. The summed E-state index contributed by atoms with van der Waals surface area (Å²) in [5, 5.41) is 11.7. The minimum absolute atomic E-state index is 0.00549. The summed E-state index contributed by atoms with van der Waals surface area (Å²) >= 11 is 6.50. The van der Waals surface area contributed by atoms with Crippen LogP contribution in [0.1, 0.15) is 45.1 Å². The van der Waals surface area contributed by atoms with E-state index in [0.29, 0.717) is 22.1 Å². The molecule has 0 radical (unpaired) electrons. The number of hydrogen-bond acceptors (Lipinski definition) is 5. The van der Waals surface area contributed by atoms with Crippen LogP contribution in [0.25, 0.3) is 6.08 Å². The van der Waals surface area contributed by atoms with Gasteiger partial charge in [-0.15, -0.1) is 0 Å². The van der Waals surface area contributed by atoms with Gasteiger partial charge in [-0.3, -0.25) is 14.5 Å².